The van der Waals surface area contributed by atoms with Gasteiger partial charge >= 0.3 is 0 Å². The number of carbonyl (C=O) groups is 1. The van der Waals surface area contributed by atoms with Crippen molar-refractivity contribution >= 4 is 5.91 Å². The van der Waals surface area contributed by atoms with Crippen molar-refractivity contribution in [3.63, 3.8) is 0 Å². The SMILES string of the molecule is CC(C)(C)CC(N)CC(=O)NCC1(O)CCCCCC1. The van der Waals surface area contributed by atoms with Crippen LogP contribution in [0, 0.1) is 5.41 Å². The van der Waals surface area contributed by atoms with Crippen LogP contribution in [0.1, 0.15) is 72.1 Å². The summed E-state index contributed by atoms with van der Waals surface area (Å²) in [5, 5.41) is 13.3. The second kappa shape index (κ2) is 7.41. The standard InChI is InChI=1S/C16H32N2O2/c1-15(2,3)11-13(17)10-14(19)18-12-16(20)8-6-4-5-7-9-16/h13,20H,4-12,17H2,1-3H3,(H,18,19). The summed E-state index contributed by atoms with van der Waals surface area (Å²) in [6.07, 6.45) is 7.23. The van der Waals surface area contributed by atoms with Crippen LogP contribution < -0.4 is 11.1 Å². The van der Waals surface area contributed by atoms with Crippen molar-refractivity contribution in [2.24, 2.45) is 11.1 Å². The maximum atomic E-state index is 11.9. The third-order valence-electron chi connectivity index (χ3n) is 3.97. The van der Waals surface area contributed by atoms with Gasteiger partial charge in [0.25, 0.3) is 0 Å². The molecule has 4 heteroatoms. The molecule has 0 heterocycles. The number of nitrogens with one attached hydrogen (secondary N) is 1. The lowest BCUT2D eigenvalue weighted by molar-refractivity contribution is -0.123. The van der Waals surface area contributed by atoms with E-state index in [1.54, 1.807) is 0 Å². The lowest BCUT2D eigenvalue weighted by Crippen LogP contribution is -2.44. The van der Waals surface area contributed by atoms with E-state index >= 15 is 0 Å². The van der Waals surface area contributed by atoms with Gasteiger partial charge in [0.2, 0.25) is 5.91 Å². The Balaban J connectivity index is 2.31. The number of aliphatic hydroxyl groups is 1. The molecule has 0 bridgehead atoms. The van der Waals surface area contributed by atoms with Gasteiger partial charge in [-0.3, -0.25) is 4.79 Å². The van der Waals surface area contributed by atoms with Gasteiger partial charge in [0.1, 0.15) is 0 Å². The minimum absolute atomic E-state index is 0.0422. The molecule has 1 saturated carbocycles. The average molecular weight is 284 g/mol. The van der Waals surface area contributed by atoms with Crippen LogP contribution >= 0.6 is 0 Å². The lowest BCUT2D eigenvalue weighted by Gasteiger charge is -2.27. The van der Waals surface area contributed by atoms with Crippen molar-refractivity contribution in [2.75, 3.05) is 6.54 Å². The van der Waals surface area contributed by atoms with E-state index in [1.165, 1.54) is 12.8 Å². The van der Waals surface area contributed by atoms with Crippen molar-refractivity contribution < 1.29 is 9.90 Å². The second-order valence-corrected chi connectivity index (χ2v) is 7.64. The maximum Gasteiger partial charge on any atom is 0.221 e. The fourth-order valence-electron chi connectivity index (χ4n) is 3.00. The molecule has 1 unspecified atom stereocenters. The number of rotatable bonds is 5. The lowest BCUT2D eigenvalue weighted by atomic mass is 9.87. The van der Waals surface area contributed by atoms with Crippen LogP contribution in [0.4, 0.5) is 0 Å². The zero-order chi connectivity index (χ0) is 15.2. The van der Waals surface area contributed by atoms with E-state index in [1.807, 2.05) is 0 Å². The highest BCUT2D eigenvalue weighted by Gasteiger charge is 2.28. The molecule has 1 amide bonds. The molecule has 0 aliphatic heterocycles. The summed E-state index contributed by atoms with van der Waals surface area (Å²) in [5.74, 6) is -0.0422. The molecule has 0 spiro atoms. The van der Waals surface area contributed by atoms with E-state index in [0.717, 1.165) is 32.1 Å². The molecule has 0 aromatic rings. The zero-order valence-electron chi connectivity index (χ0n) is 13.4. The van der Waals surface area contributed by atoms with Gasteiger partial charge in [0.05, 0.1) is 5.60 Å². The van der Waals surface area contributed by atoms with Crippen LogP contribution in [-0.2, 0) is 4.79 Å². The first-order valence-corrected chi connectivity index (χ1v) is 7.95. The van der Waals surface area contributed by atoms with Crippen LogP contribution in [0.3, 0.4) is 0 Å². The van der Waals surface area contributed by atoms with Gasteiger partial charge in [0.15, 0.2) is 0 Å². The second-order valence-electron chi connectivity index (χ2n) is 7.64. The van der Waals surface area contributed by atoms with Gasteiger partial charge in [-0.05, 0) is 24.7 Å². The average Bonchev–Trinajstić information content (AvgIpc) is 2.49. The third-order valence-corrected chi connectivity index (χ3v) is 3.97. The Labute approximate surface area is 123 Å². The van der Waals surface area contributed by atoms with Gasteiger partial charge < -0.3 is 16.2 Å². The molecule has 1 fully saturated rings. The quantitative estimate of drug-likeness (QED) is 0.678. The van der Waals surface area contributed by atoms with Crippen LogP contribution in [0.2, 0.25) is 0 Å². The van der Waals surface area contributed by atoms with Gasteiger partial charge in [0, 0.05) is 19.0 Å². The van der Waals surface area contributed by atoms with Gasteiger partial charge in [-0.25, -0.2) is 0 Å². The third kappa shape index (κ3) is 7.25. The first-order chi connectivity index (χ1) is 9.20. The molecule has 1 atom stereocenters. The molecule has 0 saturated heterocycles. The number of carbonyl (C=O) groups excluding carboxylic acids is 1. The van der Waals surface area contributed by atoms with E-state index in [9.17, 15) is 9.90 Å². The molecule has 118 valence electrons. The highest BCUT2D eigenvalue weighted by Crippen LogP contribution is 2.26. The van der Waals surface area contributed by atoms with E-state index < -0.39 is 5.60 Å². The zero-order valence-corrected chi connectivity index (χ0v) is 13.4. The van der Waals surface area contributed by atoms with Gasteiger partial charge in [-0.2, -0.15) is 0 Å². The van der Waals surface area contributed by atoms with Crippen LogP contribution in [-0.4, -0.2) is 29.2 Å². The van der Waals surface area contributed by atoms with Gasteiger partial charge in [-0.15, -0.1) is 0 Å². The molecule has 1 aliphatic carbocycles. The Hall–Kier alpha value is -0.610. The molecule has 1 aliphatic rings. The summed E-state index contributed by atoms with van der Waals surface area (Å²) >= 11 is 0. The highest BCUT2D eigenvalue weighted by molar-refractivity contribution is 5.76. The van der Waals surface area contributed by atoms with Crippen molar-refractivity contribution in [1.82, 2.24) is 5.32 Å². The van der Waals surface area contributed by atoms with Crippen molar-refractivity contribution in [3.8, 4) is 0 Å². The monoisotopic (exact) mass is 284 g/mol. The summed E-state index contributed by atoms with van der Waals surface area (Å²) < 4.78 is 0. The fourth-order valence-corrected chi connectivity index (χ4v) is 3.00. The number of hydrogen-bond donors (Lipinski definition) is 3. The molecular weight excluding hydrogens is 252 g/mol. The van der Waals surface area contributed by atoms with Crippen LogP contribution in [0.5, 0.6) is 0 Å². The molecular formula is C16H32N2O2. The van der Waals surface area contributed by atoms with Crippen molar-refractivity contribution in [3.05, 3.63) is 0 Å². The van der Waals surface area contributed by atoms with Crippen molar-refractivity contribution in [1.29, 1.82) is 0 Å². The number of amides is 1. The normalized spacial score (nSPS) is 21.1. The molecule has 4 nitrogen and oxygen atoms in total. The predicted molar refractivity (Wildman–Crippen MR) is 82.3 cm³/mol. The number of hydrogen-bond acceptors (Lipinski definition) is 3. The summed E-state index contributed by atoms with van der Waals surface area (Å²) in [4.78, 5) is 11.9. The summed E-state index contributed by atoms with van der Waals surface area (Å²) in [6, 6.07) is -0.112. The Bertz CT molecular complexity index is 302. The predicted octanol–water partition coefficient (Wildman–Crippen LogP) is 2.34. The van der Waals surface area contributed by atoms with Crippen molar-refractivity contribution in [2.45, 2.75) is 83.8 Å². The molecule has 0 aromatic heterocycles. The van der Waals surface area contributed by atoms with E-state index in [4.69, 9.17) is 5.73 Å². The Morgan fingerprint density at radius 2 is 1.80 bits per heavy atom. The molecule has 1 rings (SSSR count). The topological polar surface area (TPSA) is 75.4 Å². The van der Waals surface area contributed by atoms with Gasteiger partial charge in [-0.1, -0.05) is 46.5 Å². The minimum Gasteiger partial charge on any atom is -0.388 e. The first-order valence-electron chi connectivity index (χ1n) is 7.95. The maximum absolute atomic E-state index is 11.9. The fraction of sp³-hybridized carbons (Fsp3) is 0.938. The van der Waals surface area contributed by atoms with E-state index in [-0.39, 0.29) is 17.4 Å². The largest absolute Gasteiger partial charge is 0.388 e. The molecule has 20 heavy (non-hydrogen) atoms. The Morgan fingerprint density at radius 3 is 2.30 bits per heavy atom. The highest BCUT2D eigenvalue weighted by atomic mass is 16.3. The van der Waals surface area contributed by atoms with Crippen LogP contribution in [0.25, 0.3) is 0 Å². The molecule has 0 radical (unpaired) electrons. The smallest absolute Gasteiger partial charge is 0.221 e. The minimum atomic E-state index is -0.708. The Kier molecular flexibility index (Phi) is 6.46. The molecule has 4 N–H and O–H groups in total. The van der Waals surface area contributed by atoms with E-state index in [2.05, 4.69) is 26.1 Å². The first kappa shape index (κ1) is 17.4. The summed E-state index contributed by atoms with van der Waals surface area (Å²) in [7, 11) is 0. The van der Waals surface area contributed by atoms with E-state index in [0.29, 0.717) is 13.0 Å². The summed E-state index contributed by atoms with van der Waals surface area (Å²) in [6.45, 7) is 6.74. The Morgan fingerprint density at radius 1 is 1.25 bits per heavy atom. The number of nitrogens with two attached hydrogens (primary N) is 1. The summed E-state index contributed by atoms with van der Waals surface area (Å²) in [5.41, 5.74) is 5.43. The molecule has 0 aromatic carbocycles. The van der Waals surface area contributed by atoms with Crippen LogP contribution in [0.15, 0.2) is 0 Å².